The highest BCUT2D eigenvalue weighted by atomic mass is 19.1. The zero-order valence-electron chi connectivity index (χ0n) is 10.7. The minimum Gasteiger partial charge on any atom is -0.469 e. The maximum atomic E-state index is 12.9. The Labute approximate surface area is 106 Å². The fraction of sp³-hybridized carbons (Fsp3) is 0.429. The molecular weight excluding hydrogens is 235 g/mol. The first-order valence-corrected chi connectivity index (χ1v) is 5.86. The summed E-state index contributed by atoms with van der Waals surface area (Å²) in [6.07, 6.45) is 1.26. The lowest BCUT2D eigenvalue weighted by molar-refractivity contribution is -0.141. The Morgan fingerprint density at radius 3 is 2.56 bits per heavy atom. The molecule has 0 spiro atoms. The molecule has 0 amide bonds. The zero-order valence-corrected chi connectivity index (χ0v) is 10.7. The second-order valence-corrected chi connectivity index (χ2v) is 4.19. The summed E-state index contributed by atoms with van der Waals surface area (Å²) in [5, 5.41) is 0. The van der Waals surface area contributed by atoms with Gasteiger partial charge in [-0.05, 0) is 36.6 Å². The molecule has 3 nitrogen and oxygen atoms in total. The number of Topliss-reactive ketones (excluding diaryl/α,β-unsaturated/α-hetero) is 1. The predicted molar refractivity (Wildman–Crippen MR) is 65.7 cm³/mol. The van der Waals surface area contributed by atoms with E-state index in [0.717, 1.165) is 11.1 Å². The highest BCUT2D eigenvalue weighted by Crippen LogP contribution is 2.13. The largest absolute Gasteiger partial charge is 0.469 e. The standard InChI is InChI=1S/C14H17FO3/c1-10-9-12(15)5-3-11(10)4-6-13(16)7-8-14(17)18-2/h3,5,9H,4,6-8H2,1-2H3. The van der Waals surface area contributed by atoms with Gasteiger partial charge in [0.05, 0.1) is 13.5 Å². The number of aryl methyl sites for hydroxylation is 2. The third-order valence-corrected chi connectivity index (χ3v) is 2.81. The van der Waals surface area contributed by atoms with Crippen LogP contribution < -0.4 is 0 Å². The minimum atomic E-state index is -0.374. The molecule has 0 fully saturated rings. The first-order chi connectivity index (χ1) is 8.52. The van der Waals surface area contributed by atoms with E-state index in [1.54, 1.807) is 6.07 Å². The lowest BCUT2D eigenvalue weighted by atomic mass is 10.0. The van der Waals surface area contributed by atoms with Gasteiger partial charge in [0.15, 0.2) is 0 Å². The van der Waals surface area contributed by atoms with E-state index >= 15 is 0 Å². The summed E-state index contributed by atoms with van der Waals surface area (Å²) in [5.41, 5.74) is 1.80. The molecule has 0 saturated carbocycles. The van der Waals surface area contributed by atoms with Crippen molar-refractivity contribution < 1.29 is 18.7 Å². The Kier molecular flexibility index (Phi) is 5.49. The number of hydrogen-bond acceptors (Lipinski definition) is 3. The van der Waals surface area contributed by atoms with Crippen LogP contribution in [0, 0.1) is 12.7 Å². The normalized spacial score (nSPS) is 10.2. The summed E-state index contributed by atoms with van der Waals surface area (Å²) in [6, 6.07) is 4.54. The van der Waals surface area contributed by atoms with Crippen molar-refractivity contribution in [2.75, 3.05) is 7.11 Å². The van der Waals surface area contributed by atoms with Gasteiger partial charge in [0, 0.05) is 12.8 Å². The van der Waals surface area contributed by atoms with Crippen molar-refractivity contribution in [3.05, 3.63) is 35.1 Å². The summed E-state index contributed by atoms with van der Waals surface area (Å²) >= 11 is 0. The lowest BCUT2D eigenvalue weighted by Crippen LogP contribution is -2.06. The van der Waals surface area contributed by atoms with Crippen LogP contribution in [-0.4, -0.2) is 18.9 Å². The van der Waals surface area contributed by atoms with E-state index in [9.17, 15) is 14.0 Å². The van der Waals surface area contributed by atoms with Crippen molar-refractivity contribution in [2.45, 2.75) is 32.6 Å². The van der Waals surface area contributed by atoms with Gasteiger partial charge < -0.3 is 4.74 Å². The van der Waals surface area contributed by atoms with Gasteiger partial charge in [0.2, 0.25) is 0 Å². The van der Waals surface area contributed by atoms with Gasteiger partial charge >= 0.3 is 5.97 Å². The summed E-state index contributed by atoms with van der Waals surface area (Å²) in [4.78, 5) is 22.4. The summed E-state index contributed by atoms with van der Waals surface area (Å²) < 4.78 is 17.3. The summed E-state index contributed by atoms with van der Waals surface area (Å²) in [6.45, 7) is 1.82. The van der Waals surface area contributed by atoms with E-state index < -0.39 is 0 Å². The number of esters is 1. The summed E-state index contributed by atoms with van der Waals surface area (Å²) in [5.74, 6) is -0.626. The molecule has 0 heterocycles. The molecule has 0 aliphatic heterocycles. The van der Waals surface area contributed by atoms with Crippen LogP contribution in [0.4, 0.5) is 4.39 Å². The number of ether oxygens (including phenoxy) is 1. The maximum Gasteiger partial charge on any atom is 0.305 e. The number of carbonyl (C=O) groups is 2. The highest BCUT2D eigenvalue weighted by Gasteiger charge is 2.08. The Morgan fingerprint density at radius 2 is 1.94 bits per heavy atom. The van der Waals surface area contributed by atoms with Gasteiger partial charge in [0.1, 0.15) is 11.6 Å². The number of methoxy groups -OCH3 is 1. The van der Waals surface area contributed by atoms with Crippen molar-refractivity contribution in [3.8, 4) is 0 Å². The Hall–Kier alpha value is -1.71. The maximum absolute atomic E-state index is 12.9. The number of carbonyl (C=O) groups excluding carboxylic acids is 2. The third-order valence-electron chi connectivity index (χ3n) is 2.81. The fourth-order valence-corrected chi connectivity index (χ4v) is 1.68. The van der Waals surface area contributed by atoms with Crippen LogP contribution in [0.25, 0.3) is 0 Å². The van der Waals surface area contributed by atoms with Crippen LogP contribution >= 0.6 is 0 Å². The molecule has 1 aromatic carbocycles. The van der Waals surface area contributed by atoms with Crippen LogP contribution in [0.1, 0.15) is 30.4 Å². The zero-order chi connectivity index (χ0) is 13.5. The number of ketones is 1. The molecule has 0 aromatic heterocycles. The Bertz CT molecular complexity index is 441. The Balaban J connectivity index is 2.40. The first-order valence-electron chi connectivity index (χ1n) is 5.86. The summed E-state index contributed by atoms with van der Waals surface area (Å²) in [7, 11) is 1.30. The van der Waals surface area contributed by atoms with Crippen LogP contribution in [0.3, 0.4) is 0 Å². The van der Waals surface area contributed by atoms with Gasteiger partial charge in [-0.2, -0.15) is 0 Å². The molecule has 0 unspecified atom stereocenters. The number of benzene rings is 1. The predicted octanol–water partition coefficient (Wildman–Crippen LogP) is 2.59. The van der Waals surface area contributed by atoms with Gasteiger partial charge in [-0.25, -0.2) is 4.39 Å². The van der Waals surface area contributed by atoms with Crippen molar-refractivity contribution in [2.24, 2.45) is 0 Å². The van der Waals surface area contributed by atoms with E-state index in [4.69, 9.17) is 0 Å². The quantitative estimate of drug-likeness (QED) is 0.731. The van der Waals surface area contributed by atoms with Crippen molar-refractivity contribution in [1.29, 1.82) is 0 Å². The molecule has 0 aliphatic rings. The van der Waals surface area contributed by atoms with E-state index in [1.807, 2.05) is 6.92 Å². The molecule has 1 rings (SSSR count). The van der Waals surface area contributed by atoms with Crippen LogP contribution in [-0.2, 0) is 20.7 Å². The van der Waals surface area contributed by atoms with Crippen LogP contribution in [0.5, 0.6) is 0 Å². The molecular formula is C14H17FO3. The molecule has 0 aliphatic carbocycles. The third kappa shape index (κ3) is 4.65. The highest BCUT2D eigenvalue weighted by molar-refractivity contribution is 5.83. The molecule has 98 valence electrons. The molecule has 18 heavy (non-hydrogen) atoms. The topological polar surface area (TPSA) is 43.4 Å². The number of hydrogen-bond donors (Lipinski definition) is 0. The molecule has 4 heteroatoms. The van der Waals surface area contributed by atoms with Crippen molar-refractivity contribution >= 4 is 11.8 Å². The average molecular weight is 252 g/mol. The minimum absolute atomic E-state index is 0.0177. The van der Waals surface area contributed by atoms with Crippen LogP contribution in [0.2, 0.25) is 0 Å². The van der Waals surface area contributed by atoms with E-state index in [-0.39, 0.29) is 30.4 Å². The van der Waals surface area contributed by atoms with Gasteiger partial charge in [-0.3, -0.25) is 9.59 Å². The molecule has 0 radical (unpaired) electrons. The molecule has 0 atom stereocenters. The smallest absolute Gasteiger partial charge is 0.305 e. The first kappa shape index (κ1) is 14.4. The SMILES string of the molecule is COC(=O)CCC(=O)CCc1ccc(F)cc1C. The van der Waals surface area contributed by atoms with Gasteiger partial charge in [-0.15, -0.1) is 0 Å². The lowest BCUT2D eigenvalue weighted by Gasteiger charge is -2.05. The molecule has 0 bridgehead atoms. The van der Waals surface area contributed by atoms with Gasteiger partial charge in [0.25, 0.3) is 0 Å². The van der Waals surface area contributed by atoms with Crippen LogP contribution in [0.15, 0.2) is 18.2 Å². The molecule has 0 N–H and O–H groups in total. The second kappa shape index (κ2) is 6.89. The second-order valence-electron chi connectivity index (χ2n) is 4.19. The molecule has 1 aromatic rings. The number of rotatable bonds is 6. The molecule has 0 saturated heterocycles. The van der Waals surface area contributed by atoms with Crippen molar-refractivity contribution in [3.63, 3.8) is 0 Å². The van der Waals surface area contributed by atoms with E-state index in [2.05, 4.69) is 4.74 Å². The van der Waals surface area contributed by atoms with E-state index in [1.165, 1.54) is 19.2 Å². The van der Waals surface area contributed by atoms with E-state index in [0.29, 0.717) is 12.8 Å². The fourth-order valence-electron chi connectivity index (χ4n) is 1.68. The number of halogens is 1. The average Bonchev–Trinajstić information content (AvgIpc) is 2.34. The monoisotopic (exact) mass is 252 g/mol. The Morgan fingerprint density at radius 1 is 1.22 bits per heavy atom. The van der Waals surface area contributed by atoms with Gasteiger partial charge in [-0.1, -0.05) is 6.07 Å². The van der Waals surface area contributed by atoms with Crippen molar-refractivity contribution in [1.82, 2.24) is 0 Å².